The zero-order chi connectivity index (χ0) is 10.8. The Labute approximate surface area is 96.2 Å². The first-order chi connectivity index (χ1) is 7.20. The van der Waals surface area contributed by atoms with E-state index in [1.54, 1.807) is 15.9 Å². The molecule has 15 heavy (non-hydrogen) atoms. The van der Waals surface area contributed by atoms with Gasteiger partial charge in [-0.15, -0.1) is 11.3 Å². The van der Waals surface area contributed by atoms with Gasteiger partial charge in [0.2, 0.25) is 0 Å². The number of thiophene rings is 1. The normalized spacial score (nSPS) is 10.8. The standard InChI is InChI=1S/C9H11N3OS2/c1-6-2-3-7(15-6)4-12-8(5-13)10-11-9(12)14/h2-3,13H,4-5H2,1H3,(H,11,14). The van der Waals surface area contributed by atoms with E-state index < -0.39 is 0 Å². The SMILES string of the molecule is Cc1ccc(Cn2c(CO)n[nH]c2=S)s1. The number of nitrogens with zero attached hydrogens (tertiary/aromatic N) is 2. The topological polar surface area (TPSA) is 53.8 Å². The molecular formula is C9H11N3OS2. The molecule has 0 aliphatic rings. The fraction of sp³-hybridized carbons (Fsp3) is 0.333. The number of aromatic amines is 1. The van der Waals surface area contributed by atoms with Gasteiger partial charge in [-0.3, -0.25) is 9.67 Å². The van der Waals surface area contributed by atoms with Crippen LogP contribution in [0.4, 0.5) is 0 Å². The Morgan fingerprint density at radius 2 is 2.40 bits per heavy atom. The molecule has 2 heterocycles. The minimum Gasteiger partial charge on any atom is -0.388 e. The average Bonchev–Trinajstić information content (AvgIpc) is 2.76. The summed E-state index contributed by atoms with van der Waals surface area (Å²) in [6.07, 6.45) is 0. The second-order valence-electron chi connectivity index (χ2n) is 3.20. The highest BCUT2D eigenvalue weighted by atomic mass is 32.1. The molecule has 2 rings (SSSR count). The van der Waals surface area contributed by atoms with E-state index in [0.29, 0.717) is 17.1 Å². The van der Waals surface area contributed by atoms with Crippen molar-refractivity contribution in [1.82, 2.24) is 14.8 Å². The first-order valence-corrected chi connectivity index (χ1v) is 5.73. The number of hydrogen-bond donors (Lipinski definition) is 2. The maximum atomic E-state index is 9.07. The van der Waals surface area contributed by atoms with Crippen LogP contribution in [-0.2, 0) is 13.2 Å². The zero-order valence-electron chi connectivity index (χ0n) is 8.23. The van der Waals surface area contributed by atoms with Gasteiger partial charge in [0.1, 0.15) is 6.61 Å². The molecular weight excluding hydrogens is 230 g/mol. The largest absolute Gasteiger partial charge is 0.388 e. The molecule has 0 aromatic carbocycles. The van der Waals surface area contributed by atoms with Crippen LogP contribution in [0.2, 0.25) is 0 Å². The Kier molecular flexibility index (Phi) is 2.99. The van der Waals surface area contributed by atoms with Gasteiger partial charge in [-0.2, -0.15) is 5.10 Å². The average molecular weight is 241 g/mol. The quantitative estimate of drug-likeness (QED) is 0.806. The number of aliphatic hydroxyl groups is 1. The van der Waals surface area contributed by atoms with Crippen molar-refractivity contribution in [3.05, 3.63) is 32.5 Å². The van der Waals surface area contributed by atoms with E-state index >= 15 is 0 Å². The Morgan fingerprint density at radius 1 is 1.60 bits per heavy atom. The van der Waals surface area contributed by atoms with Crippen molar-refractivity contribution < 1.29 is 5.11 Å². The summed E-state index contributed by atoms with van der Waals surface area (Å²) in [7, 11) is 0. The van der Waals surface area contributed by atoms with Crippen molar-refractivity contribution in [3.63, 3.8) is 0 Å². The van der Waals surface area contributed by atoms with Crippen molar-refractivity contribution >= 4 is 23.6 Å². The monoisotopic (exact) mass is 241 g/mol. The van der Waals surface area contributed by atoms with Crippen LogP contribution in [-0.4, -0.2) is 19.9 Å². The lowest BCUT2D eigenvalue weighted by Gasteiger charge is -2.01. The molecule has 2 N–H and O–H groups in total. The number of rotatable bonds is 3. The van der Waals surface area contributed by atoms with Gasteiger partial charge in [-0.1, -0.05) is 0 Å². The van der Waals surface area contributed by atoms with Crippen LogP contribution in [0.5, 0.6) is 0 Å². The van der Waals surface area contributed by atoms with Crippen LogP contribution in [0.1, 0.15) is 15.6 Å². The number of aliphatic hydroxyl groups excluding tert-OH is 1. The fourth-order valence-corrected chi connectivity index (χ4v) is 2.45. The van der Waals surface area contributed by atoms with Crippen LogP contribution >= 0.6 is 23.6 Å². The predicted molar refractivity (Wildman–Crippen MR) is 61.5 cm³/mol. The zero-order valence-corrected chi connectivity index (χ0v) is 9.86. The van der Waals surface area contributed by atoms with Crippen molar-refractivity contribution in [1.29, 1.82) is 0 Å². The van der Waals surface area contributed by atoms with Gasteiger partial charge in [0.05, 0.1) is 6.54 Å². The Balaban J connectivity index is 2.31. The molecule has 2 aromatic rings. The lowest BCUT2D eigenvalue weighted by molar-refractivity contribution is 0.265. The fourth-order valence-electron chi connectivity index (χ4n) is 1.36. The summed E-state index contributed by atoms with van der Waals surface area (Å²) in [6, 6.07) is 4.14. The molecule has 2 aromatic heterocycles. The van der Waals surface area contributed by atoms with Crippen molar-refractivity contribution in [2.45, 2.75) is 20.1 Å². The molecule has 0 saturated heterocycles. The van der Waals surface area contributed by atoms with Crippen molar-refractivity contribution in [2.75, 3.05) is 0 Å². The van der Waals surface area contributed by atoms with Gasteiger partial charge >= 0.3 is 0 Å². The molecule has 0 fully saturated rings. The maximum Gasteiger partial charge on any atom is 0.195 e. The van der Waals surface area contributed by atoms with Crippen molar-refractivity contribution in [2.24, 2.45) is 0 Å². The summed E-state index contributed by atoms with van der Waals surface area (Å²) in [4.78, 5) is 2.48. The van der Waals surface area contributed by atoms with E-state index in [-0.39, 0.29) is 6.61 Å². The smallest absolute Gasteiger partial charge is 0.195 e. The number of aryl methyl sites for hydroxylation is 1. The van der Waals surface area contributed by atoms with Gasteiger partial charge in [-0.25, -0.2) is 0 Å². The molecule has 0 radical (unpaired) electrons. The number of H-pyrrole nitrogens is 1. The van der Waals surface area contributed by atoms with Crippen LogP contribution in [0.3, 0.4) is 0 Å². The third-order valence-electron chi connectivity index (χ3n) is 2.09. The predicted octanol–water partition coefficient (Wildman–Crippen LogP) is 1.85. The summed E-state index contributed by atoms with van der Waals surface area (Å²) < 4.78 is 2.35. The molecule has 4 nitrogen and oxygen atoms in total. The van der Waals surface area contributed by atoms with E-state index in [1.807, 2.05) is 0 Å². The summed E-state index contributed by atoms with van der Waals surface area (Å²) in [5.41, 5.74) is 0. The summed E-state index contributed by atoms with van der Waals surface area (Å²) in [6.45, 7) is 2.64. The first kappa shape index (κ1) is 10.5. The number of nitrogens with one attached hydrogen (secondary N) is 1. The molecule has 0 aliphatic carbocycles. The van der Waals surface area contributed by atoms with E-state index in [1.165, 1.54) is 9.75 Å². The van der Waals surface area contributed by atoms with E-state index in [4.69, 9.17) is 17.3 Å². The number of hydrogen-bond acceptors (Lipinski definition) is 4. The minimum atomic E-state index is -0.0997. The van der Waals surface area contributed by atoms with Gasteiger partial charge in [-0.05, 0) is 31.3 Å². The summed E-state index contributed by atoms with van der Waals surface area (Å²) in [5, 5.41) is 15.7. The molecule has 0 aliphatic heterocycles. The molecule has 0 amide bonds. The van der Waals surface area contributed by atoms with Crippen LogP contribution in [0, 0.1) is 11.7 Å². The van der Waals surface area contributed by atoms with E-state index in [2.05, 4.69) is 29.3 Å². The van der Waals surface area contributed by atoms with Crippen LogP contribution in [0.15, 0.2) is 12.1 Å². The molecule has 0 bridgehead atoms. The molecule has 0 spiro atoms. The lowest BCUT2D eigenvalue weighted by atomic mass is 10.4. The lowest BCUT2D eigenvalue weighted by Crippen LogP contribution is -2.04. The summed E-state index contributed by atoms with van der Waals surface area (Å²) >= 11 is 6.81. The third kappa shape index (κ3) is 2.17. The van der Waals surface area contributed by atoms with Crippen LogP contribution < -0.4 is 0 Å². The Hall–Kier alpha value is -0.980. The molecule has 6 heteroatoms. The second-order valence-corrected chi connectivity index (χ2v) is 4.96. The second kappa shape index (κ2) is 4.26. The first-order valence-electron chi connectivity index (χ1n) is 4.51. The van der Waals surface area contributed by atoms with Gasteiger partial charge in [0.25, 0.3) is 0 Å². The third-order valence-corrected chi connectivity index (χ3v) is 3.39. The van der Waals surface area contributed by atoms with Gasteiger partial charge < -0.3 is 5.11 Å². The van der Waals surface area contributed by atoms with Gasteiger partial charge in [0, 0.05) is 9.75 Å². The number of aromatic nitrogens is 3. The molecule has 0 unspecified atom stereocenters. The van der Waals surface area contributed by atoms with Crippen LogP contribution in [0.25, 0.3) is 0 Å². The molecule has 0 atom stereocenters. The highest BCUT2D eigenvalue weighted by Crippen LogP contribution is 2.16. The maximum absolute atomic E-state index is 9.07. The summed E-state index contributed by atoms with van der Waals surface area (Å²) in [5.74, 6) is 0.575. The van der Waals surface area contributed by atoms with E-state index in [9.17, 15) is 0 Å². The highest BCUT2D eigenvalue weighted by Gasteiger charge is 2.06. The Bertz CT molecular complexity index is 511. The minimum absolute atomic E-state index is 0.0997. The highest BCUT2D eigenvalue weighted by molar-refractivity contribution is 7.71. The van der Waals surface area contributed by atoms with E-state index in [0.717, 1.165) is 0 Å². The van der Waals surface area contributed by atoms with Crippen molar-refractivity contribution in [3.8, 4) is 0 Å². The molecule has 80 valence electrons. The Morgan fingerprint density at radius 3 is 3.00 bits per heavy atom. The molecule has 0 saturated carbocycles. The van der Waals surface area contributed by atoms with Gasteiger partial charge in [0.15, 0.2) is 10.6 Å².